The smallest absolute Gasteiger partial charge is 0.305 e. The first-order valence-electron chi connectivity index (χ1n) is 5.77. The van der Waals surface area contributed by atoms with Crippen molar-refractivity contribution in [1.82, 2.24) is 9.78 Å². The molecule has 0 amide bonds. The number of nitrogens with zero attached hydrogens (tertiary/aromatic N) is 2. The Balaban J connectivity index is 2.32. The van der Waals surface area contributed by atoms with Crippen LogP contribution in [-0.4, -0.2) is 20.9 Å². The maximum atomic E-state index is 12.9. The summed E-state index contributed by atoms with van der Waals surface area (Å²) in [4.78, 5) is 10.7. The molecular formula is C13H14FN3O2. The van der Waals surface area contributed by atoms with E-state index in [2.05, 4.69) is 5.10 Å². The van der Waals surface area contributed by atoms with Crippen molar-refractivity contribution in [1.29, 1.82) is 0 Å². The first kappa shape index (κ1) is 13.2. The summed E-state index contributed by atoms with van der Waals surface area (Å²) in [5, 5.41) is 12.9. The van der Waals surface area contributed by atoms with Crippen LogP contribution >= 0.6 is 0 Å². The second-order valence-corrected chi connectivity index (χ2v) is 4.28. The molecule has 3 N–H and O–H groups in total. The van der Waals surface area contributed by atoms with Crippen molar-refractivity contribution < 1.29 is 14.3 Å². The largest absolute Gasteiger partial charge is 0.481 e. The van der Waals surface area contributed by atoms with Gasteiger partial charge in [-0.15, -0.1) is 0 Å². The molecule has 1 atom stereocenters. The Bertz CT molecular complexity index is 592. The first-order valence-corrected chi connectivity index (χ1v) is 5.77. The van der Waals surface area contributed by atoms with E-state index in [1.54, 1.807) is 29.9 Å². The van der Waals surface area contributed by atoms with Gasteiger partial charge in [-0.2, -0.15) is 5.10 Å². The molecule has 0 saturated heterocycles. The molecule has 2 rings (SSSR count). The van der Waals surface area contributed by atoms with Gasteiger partial charge in [-0.25, -0.2) is 9.07 Å². The third-order valence-electron chi connectivity index (χ3n) is 2.91. The Morgan fingerprint density at radius 3 is 2.68 bits per heavy atom. The topological polar surface area (TPSA) is 81.1 Å². The molecule has 0 aliphatic rings. The zero-order valence-corrected chi connectivity index (χ0v) is 10.4. The minimum atomic E-state index is -0.957. The molecule has 1 unspecified atom stereocenters. The van der Waals surface area contributed by atoms with Crippen molar-refractivity contribution in [2.24, 2.45) is 5.73 Å². The fraction of sp³-hybridized carbons (Fsp3) is 0.231. The quantitative estimate of drug-likeness (QED) is 0.881. The van der Waals surface area contributed by atoms with Crippen molar-refractivity contribution in [3.8, 4) is 5.69 Å². The average Bonchev–Trinajstić information content (AvgIpc) is 2.71. The molecule has 0 radical (unpaired) electrons. The molecule has 0 aliphatic carbocycles. The number of hydrogen-bond donors (Lipinski definition) is 2. The van der Waals surface area contributed by atoms with Crippen LogP contribution in [-0.2, 0) is 4.79 Å². The molecule has 6 heteroatoms. The van der Waals surface area contributed by atoms with E-state index < -0.39 is 12.0 Å². The molecule has 1 heterocycles. The van der Waals surface area contributed by atoms with Gasteiger partial charge in [0.2, 0.25) is 0 Å². The zero-order valence-electron chi connectivity index (χ0n) is 10.4. The number of benzene rings is 1. The van der Waals surface area contributed by atoms with E-state index in [1.165, 1.54) is 12.1 Å². The van der Waals surface area contributed by atoms with Gasteiger partial charge in [0.15, 0.2) is 0 Å². The van der Waals surface area contributed by atoms with Gasteiger partial charge in [-0.3, -0.25) is 4.79 Å². The minimum absolute atomic E-state index is 0.157. The van der Waals surface area contributed by atoms with Crippen LogP contribution in [0.1, 0.15) is 23.7 Å². The van der Waals surface area contributed by atoms with E-state index in [9.17, 15) is 9.18 Å². The van der Waals surface area contributed by atoms with Crippen molar-refractivity contribution in [3.63, 3.8) is 0 Å². The molecule has 0 bridgehead atoms. The van der Waals surface area contributed by atoms with Crippen LogP contribution in [0.2, 0.25) is 0 Å². The second-order valence-electron chi connectivity index (χ2n) is 4.28. The molecule has 5 nitrogen and oxygen atoms in total. The standard InChI is InChI=1S/C13H14FN3O2/c1-8-11(12(15)6-13(18)19)7-16-17(8)10-4-2-9(14)3-5-10/h2-5,7,12H,6,15H2,1H3,(H,18,19). The van der Waals surface area contributed by atoms with Gasteiger partial charge >= 0.3 is 5.97 Å². The summed E-state index contributed by atoms with van der Waals surface area (Å²) in [7, 11) is 0. The number of nitrogens with two attached hydrogens (primary N) is 1. The van der Waals surface area contributed by atoms with Gasteiger partial charge in [-0.1, -0.05) is 0 Å². The second kappa shape index (κ2) is 5.19. The van der Waals surface area contributed by atoms with Gasteiger partial charge in [0.05, 0.1) is 18.3 Å². The van der Waals surface area contributed by atoms with Gasteiger partial charge in [-0.05, 0) is 31.2 Å². The molecule has 1 aromatic heterocycles. The van der Waals surface area contributed by atoms with Crippen LogP contribution in [0.3, 0.4) is 0 Å². The number of aliphatic carboxylic acids is 1. The Labute approximate surface area is 109 Å². The summed E-state index contributed by atoms with van der Waals surface area (Å²) in [6.45, 7) is 1.80. The highest BCUT2D eigenvalue weighted by molar-refractivity contribution is 5.68. The SMILES string of the molecule is Cc1c(C(N)CC(=O)O)cnn1-c1ccc(F)cc1. The molecule has 0 spiro atoms. The lowest BCUT2D eigenvalue weighted by atomic mass is 10.1. The number of carboxylic acid groups (broad SMARTS) is 1. The summed E-state index contributed by atoms with van der Waals surface area (Å²) in [6.07, 6.45) is 1.39. The summed E-state index contributed by atoms with van der Waals surface area (Å²) >= 11 is 0. The minimum Gasteiger partial charge on any atom is -0.481 e. The van der Waals surface area contributed by atoms with Crippen LogP contribution < -0.4 is 5.73 Å². The first-order chi connectivity index (χ1) is 8.99. The third kappa shape index (κ3) is 2.79. The molecule has 100 valence electrons. The number of rotatable bonds is 4. The predicted molar refractivity (Wildman–Crippen MR) is 67.4 cm³/mol. The van der Waals surface area contributed by atoms with Gasteiger partial charge in [0.25, 0.3) is 0 Å². The molecule has 1 aromatic carbocycles. The molecule has 19 heavy (non-hydrogen) atoms. The van der Waals surface area contributed by atoms with Crippen LogP contribution in [0.4, 0.5) is 4.39 Å². The number of hydrogen-bond acceptors (Lipinski definition) is 3. The molecule has 2 aromatic rings. The maximum absolute atomic E-state index is 12.9. The Hall–Kier alpha value is -2.21. The normalized spacial score (nSPS) is 12.4. The average molecular weight is 263 g/mol. The highest BCUT2D eigenvalue weighted by Crippen LogP contribution is 2.21. The van der Waals surface area contributed by atoms with E-state index >= 15 is 0 Å². The van der Waals surface area contributed by atoms with Crippen LogP contribution in [0.5, 0.6) is 0 Å². The summed E-state index contributed by atoms with van der Waals surface area (Å²) < 4.78 is 14.5. The van der Waals surface area contributed by atoms with E-state index in [4.69, 9.17) is 10.8 Å². The van der Waals surface area contributed by atoms with Crippen LogP contribution in [0, 0.1) is 12.7 Å². The highest BCUT2D eigenvalue weighted by atomic mass is 19.1. The van der Waals surface area contributed by atoms with Crippen molar-refractivity contribution in [2.45, 2.75) is 19.4 Å². The fourth-order valence-corrected chi connectivity index (χ4v) is 1.93. The summed E-state index contributed by atoms with van der Waals surface area (Å²) in [5.41, 5.74) is 7.94. The lowest BCUT2D eigenvalue weighted by Crippen LogP contribution is -2.15. The number of aromatic nitrogens is 2. The van der Waals surface area contributed by atoms with E-state index in [0.717, 1.165) is 5.69 Å². The molecule has 0 fully saturated rings. The Morgan fingerprint density at radius 2 is 2.11 bits per heavy atom. The highest BCUT2D eigenvalue weighted by Gasteiger charge is 2.17. The van der Waals surface area contributed by atoms with Crippen molar-refractivity contribution >= 4 is 5.97 Å². The Morgan fingerprint density at radius 1 is 1.47 bits per heavy atom. The Kier molecular flexibility index (Phi) is 3.62. The fourth-order valence-electron chi connectivity index (χ4n) is 1.93. The number of carboxylic acids is 1. The molecule has 0 aliphatic heterocycles. The van der Waals surface area contributed by atoms with Crippen LogP contribution in [0.15, 0.2) is 30.5 Å². The van der Waals surface area contributed by atoms with E-state index in [1.807, 2.05) is 0 Å². The third-order valence-corrected chi connectivity index (χ3v) is 2.91. The van der Waals surface area contributed by atoms with Gasteiger partial charge < -0.3 is 10.8 Å². The molecular weight excluding hydrogens is 249 g/mol. The van der Waals surface area contributed by atoms with E-state index in [-0.39, 0.29) is 12.2 Å². The monoisotopic (exact) mass is 263 g/mol. The van der Waals surface area contributed by atoms with Crippen molar-refractivity contribution in [2.75, 3.05) is 0 Å². The van der Waals surface area contributed by atoms with Crippen LogP contribution in [0.25, 0.3) is 5.69 Å². The lowest BCUT2D eigenvalue weighted by molar-refractivity contribution is -0.137. The summed E-state index contributed by atoms with van der Waals surface area (Å²) in [6, 6.07) is 5.27. The lowest BCUT2D eigenvalue weighted by Gasteiger charge is -2.09. The maximum Gasteiger partial charge on any atom is 0.305 e. The predicted octanol–water partition coefficient (Wildman–Crippen LogP) is 1.79. The molecule has 0 saturated carbocycles. The zero-order chi connectivity index (χ0) is 14.0. The number of carbonyl (C=O) groups is 1. The van der Waals surface area contributed by atoms with Gasteiger partial charge in [0, 0.05) is 17.3 Å². The van der Waals surface area contributed by atoms with E-state index in [0.29, 0.717) is 11.3 Å². The van der Waals surface area contributed by atoms with Crippen molar-refractivity contribution in [3.05, 3.63) is 47.5 Å². The van der Waals surface area contributed by atoms with Gasteiger partial charge in [0.1, 0.15) is 5.82 Å². The number of halogens is 1. The summed E-state index contributed by atoms with van der Waals surface area (Å²) in [5.74, 6) is -1.28.